The molecule has 1 fully saturated rings. The molecule has 0 atom stereocenters. The summed E-state index contributed by atoms with van der Waals surface area (Å²) in [5, 5.41) is 17.0. The molecule has 114 valence electrons. The smallest absolute Gasteiger partial charge is 0.0644 e. The lowest BCUT2D eigenvalue weighted by atomic mass is 10.2. The summed E-state index contributed by atoms with van der Waals surface area (Å²) in [6, 6.07) is 0. The molecule has 0 spiro atoms. The van der Waals surface area contributed by atoms with E-state index >= 15 is 0 Å². The highest BCUT2D eigenvalue weighted by molar-refractivity contribution is 5.24. The third-order valence-corrected chi connectivity index (χ3v) is 4.17. The Morgan fingerprint density at radius 3 is 2.65 bits per heavy atom. The highest BCUT2D eigenvalue weighted by atomic mass is 16.3. The second kappa shape index (κ2) is 7.76. The molecular weight excluding hydrogens is 252 g/mol. The van der Waals surface area contributed by atoms with Gasteiger partial charge in [0.05, 0.1) is 18.8 Å². The Morgan fingerprint density at radius 2 is 1.95 bits per heavy atom. The molecule has 5 heteroatoms. The van der Waals surface area contributed by atoms with E-state index in [9.17, 15) is 0 Å². The topological polar surface area (TPSA) is 53.3 Å². The first-order valence-electron chi connectivity index (χ1n) is 7.79. The number of aliphatic hydroxyl groups excluding tert-OH is 1. The fraction of sp³-hybridized carbons (Fsp3) is 0.800. The van der Waals surface area contributed by atoms with E-state index in [0.717, 1.165) is 18.8 Å². The number of nitrogens with one attached hydrogen (secondary N) is 1. The SMILES string of the molecule is Cc1nn(CCO)c(C)c1CNCCCN1CCCC1. The molecule has 1 aromatic heterocycles. The van der Waals surface area contributed by atoms with E-state index in [4.69, 9.17) is 5.11 Å². The normalized spacial score (nSPS) is 16.1. The number of aliphatic hydroxyl groups is 1. The van der Waals surface area contributed by atoms with Gasteiger partial charge in [-0.05, 0) is 59.3 Å². The van der Waals surface area contributed by atoms with E-state index in [2.05, 4.69) is 22.2 Å². The minimum atomic E-state index is 0.144. The van der Waals surface area contributed by atoms with E-state index in [1.165, 1.54) is 50.2 Å². The average molecular weight is 280 g/mol. The molecule has 0 amide bonds. The van der Waals surface area contributed by atoms with Crippen LogP contribution in [0.1, 0.15) is 36.2 Å². The largest absolute Gasteiger partial charge is 0.394 e. The fourth-order valence-corrected chi connectivity index (χ4v) is 2.95. The fourth-order valence-electron chi connectivity index (χ4n) is 2.95. The van der Waals surface area contributed by atoms with E-state index < -0.39 is 0 Å². The Morgan fingerprint density at radius 1 is 1.20 bits per heavy atom. The summed E-state index contributed by atoms with van der Waals surface area (Å²) >= 11 is 0. The van der Waals surface area contributed by atoms with Gasteiger partial charge in [-0.15, -0.1) is 0 Å². The summed E-state index contributed by atoms with van der Waals surface area (Å²) in [5.41, 5.74) is 3.52. The lowest BCUT2D eigenvalue weighted by molar-refractivity contribution is 0.267. The van der Waals surface area contributed by atoms with Crippen LogP contribution in [0.4, 0.5) is 0 Å². The van der Waals surface area contributed by atoms with E-state index in [1.807, 2.05) is 11.6 Å². The molecule has 20 heavy (non-hydrogen) atoms. The first kappa shape index (κ1) is 15.5. The molecule has 0 unspecified atom stereocenters. The summed E-state index contributed by atoms with van der Waals surface area (Å²) in [4.78, 5) is 2.55. The van der Waals surface area contributed by atoms with E-state index in [1.54, 1.807) is 0 Å². The average Bonchev–Trinajstić information content (AvgIpc) is 3.02. The summed E-state index contributed by atoms with van der Waals surface area (Å²) in [7, 11) is 0. The lowest BCUT2D eigenvalue weighted by Gasteiger charge is -2.14. The van der Waals surface area contributed by atoms with E-state index in [-0.39, 0.29) is 6.61 Å². The van der Waals surface area contributed by atoms with Crippen molar-refractivity contribution in [3.63, 3.8) is 0 Å². The molecule has 0 saturated carbocycles. The predicted octanol–water partition coefficient (Wildman–Crippen LogP) is 1.07. The number of aromatic nitrogens is 2. The number of likely N-dealkylation sites (tertiary alicyclic amines) is 1. The van der Waals surface area contributed by atoms with Crippen molar-refractivity contribution in [2.24, 2.45) is 0 Å². The van der Waals surface area contributed by atoms with Crippen LogP contribution in [-0.4, -0.2) is 52.6 Å². The van der Waals surface area contributed by atoms with E-state index in [0.29, 0.717) is 6.54 Å². The molecule has 0 radical (unpaired) electrons. The van der Waals surface area contributed by atoms with Crippen molar-refractivity contribution < 1.29 is 5.11 Å². The van der Waals surface area contributed by atoms with Gasteiger partial charge in [-0.1, -0.05) is 0 Å². The zero-order valence-electron chi connectivity index (χ0n) is 12.9. The Hall–Kier alpha value is -0.910. The van der Waals surface area contributed by atoms with Crippen LogP contribution in [0, 0.1) is 13.8 Å². The van der Waals surface area contributed by atoms with Gasteiger partial charge >= 0.3 is 0 Å². The zero-order chi connectivity index (χ0) is 14.4. The third kappa shape index (κ3) is 4.04. The Bertz CT molecular complexity index is 410. The second-order valence-corrected chi connectivity index (χ2v) is 5.68. The van der Waals surface area contributed by atoms with Crippen LogP contribution >= 0.6 is 0 Å². The first-order chi connectivity index (χ1) is 9.72. The lowest BCUT2D eigenvalue weighted by Crippen LogP contribution is -2.24. The summed E-state index contributed by atoms with van der Waals surface area (Å²) in [6.45, 7) is 10.6. The van der Waals surface area contributed by atoms with Crippen LogP contribution in [0.2, 0.25) is 0 Å². The van der Waals surface area contributed by atoms with Gasteiger partial charge < -0.3 is 15.3 Å². The van der Waals surface area contributed by atoms with Gasteiger partial charge in [-0.3, -0.25) is 4.68 Å². The van der Waals surface area contributed by atoms with Crippen LogP contribution in [0.3, 0.4) is 0 Å². The molecule has 1 aliphatic heterocycles. The van der Waals surface area contributed by atoms with Gasteiger partial charge in [0.2, 0.25) is 0 Å². The van der Waals surface area contributed by atoms with Crippen molar-refractivity contribution in [2.45, 2.75) is 46.2 Å². The Labute approximate surface area is 122 Å². The number of aryl methyl sites for hydroxylation is 1. The molecule has 2 rings (SSSR count). The molecule has 2 N–H and O–H groups in total. The minimum absolute atomic E-state index is 0.144. The van der Waals surface area contributed by atoms with Gasteiger partial charge in [0, 0.05) is 17.8 Å². The van der Waals surface area contributed by atoms with Crippen LogP contribution in [-0.2, 0) is 13.1 Å². The van der Waals surface area contributed by atoms with Crippen molar-refractivity contribution in [1.82, 2.24) is 20.0 Å². The van der Waals surface area contributed by atoms with Crippen LogP contribution < -0.4 is 5.32 Å². The molecule has 0 bridgehead atoms. The highest BCUT2D eigenvalue weighted by Gasteiger charge is 2.12. The molecular formula is C15H28N4O. The Kier molecular flexibility index (Phi) is 6.01. The second-order valence-electron chi connectivity index (χ2n) is 5.68. The summed E-state index contributed by atoms with van der Waals surface area (Å²) in [5.74, 6) is 0. The molecule has 1 saturated heterocycles. The quantitative estimate of drug-likeness (QED) is 0.699. The molecule has 0 aromatic carbocycles. The Balaban J connectivity index is 1.70. The van der Waals surface area contributed by atoms with Crippen molar-refractivity contribution in [3.05, 3.63) is 17.0 Å². The van der Waals surface area contributed by atoms with Crippen LogP contribution in [0.5, 0.6) is 0 Å². The van der Waals surface area contributed by atoms with Crippen molar-refractivity contribution >= 4 is 0 Å². The number of hydrogen-bond acceptors (Lipinski definition) is 4. The maximum Gasteiger partial charge on any atom is 0.0644 e. The minimum Gasteiger partial charge on any atom is -0.394 e. The maximum absolute atomic E-state index is 9.01. The molecule has 1 aromatic rings. The molecule has 5 nitrogen and oxygen atoms in total. The number of nitrogens with zero attached hydrogens (tertiary/aromatic N) is 3. The van der Waals surface area contributed by atoms with Gasteiger partial charge in [0.1, 0.15) is 0 Å². The van der Waals surface area contributed by atoms with Crippen LogP contribution in [0.25, 0.3) is 0 Å². The number of rotatable bonds is 8. The van der Waals surface area contributed by atoms with Crippen molar-refractivity contribution in [3.8, 4) is 0 Å². The summed E-state index contributed by atoms with van der Waals surface area (Å²) in [6.07, 6.45) is 3.95. The third-order valence-electron chi connectivity index (χ3n) is 4.17. The standard InChI is InChI=1S/C15H28N4O/c1-13-15(14(2)19(17-13)10-11-20)12-16-6-5-9-18-7-3-4-8-18/h16,20H,3-12H2,1-2H3. The highest BCUT2D eigenvalue weighted by Crippen LogP contribution is 2.12. The van der Waals surface area contributed by atoms with Gasteiger partial charge in [-0.25, -0.2) is 0 Å². The molecule has 0 aliphatic carbocycles. The van der Waals surface area contributed by atoms with Crippen molar-refractivity contribution in [2.75, 3.05) is 32.8 Å². The van der Waals surface area contributed by atoms with Crippen molar-refractivity contribution in [1.29, 1.82) is 0 Å². The zero-order valence-corrected chi connectivity index (χ0v) is 12.9. The monoisotopic (exact) mass is 280 g/mol. The maximum atomic E-state index is 9.01. The summed E-state index contributed by atoms with van der Waals surface area (Å²) < 4.78 is 1.90. The van der Waals surface area contributed by atoms with Gasteiger partial charge in [0.25, 0.3) is 0 Å². The van der Waals surface area contributed by atoms with Crippen LogP contribution in [0.15, 0.2) is 0 Å². The molecule has 2 heterocycles. The predicted molar refractivity (Wildman–Crippen MR) is 80.8 cm³/mol. The van der Waals surface area contributed by atoms with Gasteiger partial charge in [-0.2, -0.15) is 5.10 Å². The first-order valence-corrected chi connectivity index (χ1v) is 7.79. The molecule has 1 aliphatic rings. The van der Waals surface area contributed by atoms with Gasteiger partial charge in [0.15, 0.2) is 0 Å². The number of hydrogen-bond donors (Lipinski definition) is 2.